The molecule has 0 aliphatic carbocycles. The second kappa shape index (κ2) is 11.4. The fourth-order valence-corrected chi connectivity index (χ4v) is 4.60. The van der Waals surface area contributed by atoms with Gasteiger partial charge in [-0.15, -0.1) is 5.10 Å². The number of benzene rings is 2. The van der Waals surface area contributed by atoms with E-state index < -0.39 is 0 Å². The van der Waals surface area contributed by atoms with E-state index in [-0.39, 0.29) is 6.04 Å². The molecule has 35 heavy (non-hydrogen) atoms. The van der Waals surface area contributed by atoms with Gasteiger partial charge >= 0.3 is 0 Å². The van der Waals surface area contributed by atoms with E-state index in [1.54, 1.807) is 21.3 Å². The summed E-state index contributed by atoms with van der Waals surface area (Å²) in [7, 11) is 5.04. The number of tetrazole rings is 1. The first-order chi connectivity index (χ1) is 17.0. The predicted molar refractivity (Wildman–Crippen MR) is 135 cm³/mol. The molecule has 3 aromatic rings. The van der Waals surface area contributed by atoms with Crippen molar-refractivity contribution in [2.75, 3.05) is 52.4 Å². The molecule has 2 heterocycles. The van der Waals surface area contributed by atoms with Crippen LogP contribution in [0.1, 0.15) is 37.7 Å². The molecule has 1 fully saturated rings. The Bertz CT molecular complexity index is 1080. The molecule has 0 radical (unpaired) electrons. The zero-order valence-corrected chi connectivity index (χ0v) is 21.3. The minimum Gasteiger partial charge on any atom is -0.497 e. The van der Waals surface area contributed by atoms with Gasteiger partial charge < -0.3 is 19.1 Å². The first kappa shape index (κ1) is 24.8. The summed E-state index contributed by atoms with van der Waals surface area (Å²) in [6, 6.07) is 14.1. The molecule has 0 saturated carbocycles. The van der Waals surface area contributed by atoms with Gasteiger partial charge in [0.2, 0.25) is 0 Å². The van der Waals surface area contributed by atoms with Crippen LogP contribution in [-0.2, 0) is 6.54 Å². The monoisotopic (exact) mass is 480 g/mol. The molecule has 1 aliphatic rings. The normalized spacial score (nSPS) is 15.3. The maximum absolute atomic E-state index is 5.84. The van der Waals surface area contributed by atoms with E-state index in [0.717, 1.165) is 62.0 Å². The van der Waals surface area contributed by atoms with Gasteiger partial charge in [-0.05, 0) is 53.1 Å². The van der Waals surface area contributed by atoms with E-state index in [0.29, 0.717) is 11.7 Å². The molecule has 0 bridgehead atoms. The number of piperazine rings is 1. The zero-order valence-electron chi connectivity index (χ0n) is 21.3. The molecule has 9 nitrogen and oxygen atoms in total. The summed E-state index contributed by atoms with van der Waals surface area (Å²) in [6.07, 6.45) is 1.01. The highest BCUT2D eigenvalue weighted by Gasteiger charge is 2.33. The first-order valence-corrected chi connectivity index (χ1v) is 12.2. The lowest BCUT2D eigenvalue weighted by molar-refractivity contribution is 0.196. The molecule has 4 rings (SSSR count). The fourth-order valence-electron chi connectivity index (χ4n) is 4.60. The molecule has 0 amide bonds. The highest BCUT2D eigenvalue weighted by atomic mass is 16.5. The minimum absolute atomic E-state index is 0.153. The quantitative estimate of drug-likeness (QED) is 0.435. The summed E-state index contributed by atoms with van der Waals surface area (Å²) >= 11 is 0. The van der Waals surface area contributed by atoms with Crippen LogP contribution in [-0.4, -0.2) is 72.6 Å². The lowest BCUT2D eigenvalue weighted by atomic mass is 10.0. The molecule has 0 N–H and O–H groups in total. The van der Waals surface area contributed by atoms with Crippen molar-refractivity contribution in [3.8, 4) is 17.2 Å². The van der Waals surface area contributed by atoms with Crippen LogP contribution < -0.4 is 19.1 Å². The molecular formula is C26H36N6O3. The van der Waals surface area contributed by atoms with Crippen LogP contribution in [0.4, 0.5) is 5.69 Å². The maximum atomic E-state index is 5.84. The van der Waals surface area contributed by atoms with E-state index >= 15 is 0 Å². The second-order valence-corrected chi connectivity index (χ2v) is 9.15. The standard InChI is InChI=1S/C26H36N6O3/c1-19(2)13-14-32-26(27-28-29-32)24(22-7-6-8-23(34-4)25(22)35-5)31-17-15-30(16-18-31)20-9-11-21(33-3)12-10-20/h6-12,19,24H,13-18H2,1-5H3/t24-/m0/s1. The minimum atomic E-state index is -0.153. The predicted octanol–water partition coefficient (Wildman–Crippen LogP) is 3.66. The van der Waals surface area contributed by atoms with E-state index in [4.69, 9.17) is 14.2 Å². The van der Waals surface area contributed by atoms with Crippen LogP contribution in [0.25, 0.3) is 0 Å². The number of anilines is 1. The molecule has 0 spiro atoms. The Hall–Kier alpha value is -3.33. The molecule has 9 heteroatoms. The van der Waals surface area contributed by atoms with Gasteiger partial charge in [-0.2, -0.15) is 0 Å². The Labute approximate surface area is 207 Å². The lowest BCUT2D eigenvalue weighted by Crippen LogP contribution is -2.48. The molecular weight excluding hydrogens is 444 g/mol. The van der Waals surface area contributed by atoms with Crippen LogP contribution in [0.3, 0.4) is 0 Å². The van der Waals surface area contributed by atoms with Crippen molar-refractivity contribution in [3.05, 3.63) is 53.9 Å². The fraction of sp³-hybridized carbons (Fsp3) is 0.500. The molecule has 1 aliphatic heterocycles. The number of rotatable bonds is 10. The Morgan fingerprint density at radius 3 is 2.26 bits per heavy atom. The van der Waals surface area contributed by atoms with Crippen molar-refractivity contribution >= 4 is 5.69 Å². The first-order valence-electron chi connectivity index (χ1n) is 12.2. The third-order valence-electron chi connectivity index (χ3n) is 6.57. The average molecular weight is 481 g/mol. The number of hydrogen-bond donors (Lipinski definition) is 0. The average Bonchev–Trinajstić information content (AvgIpc) is 3.36. The van der Waals surface area contributed by atoms with Crippen molar-refractivity contribution < 1.29 is 14.2 Å². The number of aryl methyl sites for hydroxylation is 1. The number of nitrogens with zero attached hydrogens (tertiary/aromatic N) is 6. The Balaban J connectivity index is 1.64. The highest BCUT2D eigenvalue weighted by Crippen LogP contribution is 2.40. The lowest BCUT2D eigenvalue weighted by Gasteiger charge is -2.40. The number of aromatic nitrogens is 4. The van der Waals surface area contributed by atoms with Crippen LogP contribution in [0.2, 0.25) is 0 Å². The summed E-state index contributed by atoms with van der Waals surface area (Å²) in [6.45, 7) is 8.69. The largest absolute Gasteiger partial charge is 0.497 e. The number of para-hydroxylation sites is 1. The zero-order chi connectivity index (χ0) is 24.8. The van der Waals surface area contributed by atoms with Crippen molar-refractivity contribution in [1.29, 1.82) is 0 Å². The summed E-state index contributed by atoms with van der Waals surface area (Å²) in [5.41, 5.74) is 2.20. The topological polar surface area (TPSA) is 77.8 Å². The third kappa shape index (κ3) is 5.51. The van der Waals surface area contributed by atoms with E-state index in [9.17, 15) is 0 Å². The van der Waals surface area contributed by atoms with E-state index in [2.05, 4.69) is 57.4 Å². The van der Waals surface area contributed by atoms with E-state index in [1.165, 1.54) is 5.69 Å². The second-order valence-electron chi connectivity index (χ2n) is 9.15. The van der Waals surface area contributed by atoms with Crippen molar-refractivity contribution in [3.63, 3.8) is 0 Å². The summed E-state index contributed by atoms with van der Waals surface area (Å²) in [5.74, 6) is 3.68. The van der Waals surface area contributed by atoms with E-state index in [1.807, 2.05) is 28.9 Å². The highest BCUT2D eigenvalue weighted by molar-refractivity contribution is 5.51. The van der Waals surface area contributed by atoms with Crippen molar-refractivity contribution in [1.82, 2.24) is 25.1 Å². The van der Waals surface area contributed by atoms with Crippen molar-refractivity contribution in [2.45, 2.75) is 32.9 Å². The van der Waals surface area contributed by atoms with Crippen LogP contribution in [0.5, 0.6) is 17.2 Å². The molecule has 1 aromatic heterocycles. The SMILES string of the molecule is COc1ccc(N2CCN([C@@H](c3cccc(OC)c3OC)c3nnnn3CCC(C)C)CC2)cc1. The molecule has 2 aromatic carbocycles. The van der Waals surface area contributed by atoms with Gasteiger partial charge in [0.15, 0.2) is 17.3 Å². The van der Waals surface area contributed by atoms with Gasteiger partial charge in [-0.25, -0.2) is 4.68 Å². The summed E-state index contributed by atoms with van der Waals surface area (Å²) in [4.78, 5) is 4.84. The van der Waals surface area contributed by atoms with Crippen LogP contribution in [0, 0.1) is 5.92 Å². The van der Waals surface area contributed by atoms with Gasteiger partial charge in [-0.3, -0.25) is 4.90 Å². The smallest absolute Gasteiger partial charge is 0.173 e. The van der Waals surface area contributed by atoms with Gasteiger partial charge in [0, 0.05) is 44.0 Å². The Kier molecular flexibility index (Phi) is 8.07. The summed E-state index contributed by atoms with van der Waals surface area (Å²) < 4.78 is 18.7. The molecule has 1 saturated heterocycles. The summed E-state index contributed by atoms with van der Waals surface area (Å²) in [5, 5.41) is 12.9. The van der Waals surface area contributed by atoms with Crippen LogP contribution >= 0.6 is 0 Å². The van der Waals surface area contributed by atoms with Crippen LogP contribution in [0.15, 0.2) is 42.5 Å². The molecule has 0 unspecified atom stereocenters. The number of hydrogen-bond acceptors (Lipinski definition) is 8. The van der Waals surface area contributed by atoms with Gasteiger partial charge in [0.25, 0.3) is 0 Å². The number of methoxy groups -OCH3 is 3. The van der Waals surface area contributed by atoms with Gasteiger partial charge in [-0.1, -0.05) is 26.0 Å². The third-order valence-corrected chi connectivity index (χ3v) is 6.57. The molecule has 1 atom stereocenters. The maximum Gasteiger partial charge on any atom is 0.173 e. The Morgan fingerprint density at radius 2 is 1.63 bits per heavy atom. The van der Waals surface area contributed by atoms with Gasteiger partial charge in [0.1, 0.15) is 11.8 Å². The van der Waals surface area contributed by atoms with Crippen molar-refractivity contribution in [2.24, 2.45) is 5.92 Å². The number of ether oxygens (including phenoxy) is 3. The van der Waals surface area contributed by atoms with Gasteiger partial charge in [0.05, 0.1) is 21.3 Å². The Morgan fingerprint density at radius 1 is 0.886 bits per heavy atom. The molecule has 188 valence electrons.